The van der Waals surface area contributed by atoms with Crippen LogP contribution in [0.15, 0.2) is 176 Å². The van der Waals surface area contributed by atoms with Crippen molar-refractivity contribution in [1.29, 1.82) is 0 Å². The van der Waals surface area contributed by atoms with Crippen LogP contribution in [-0.4, -0.2) is 0 Å². The summed E-state index contributed by atoms with van der Waals surface area (Å²) in [5.74, 6) is 2.86. The quantitative estimate of drug-likeness (QED) is 0.183. The minimum Gasteiger partial charge on any atom is -0.449 e. The highest BCUT2D eigenvalue weighted by atomic mass is 16.6. The van der Waals surface area contributed by atoms with Gasteiger partial charge in [-0.2, -0.15) is 0 Å². The first-order chi connectivity index (χ1) is 27.1. The van der Waals surface area contributed by atoms with Crippen molar-refractivity contribution in [2.24, 2.45) is 0 Å². The van der Waals surface area contributed by atoms with E-state index in [1.807, 2.05) is 6.07 Å². The van der Waals surface area contributed by atoms with Gasteiger partial charge in [-0.25, -0.2) is 0 Å². The van der Waals surface area contributed by atoms with E-state index in [0.29, 0.717) is 11.5 Å². The summed E-state index contributed by atoms with van der Waals surface area (Å²) < 4.78 is 14.3. The van der Waals surface area contributed by atoms with Crippen LogP contribution in [0.5, 0.6) is 23.0 Å². The molecule has 4 aliphatic rings. The minimum absolute atomic E-state index is 0.139. The van der Waals surface area contributed by atoms with E-state index >= 15 is 0 Å². The Balaban J connectivity index is 1.09. The van der Waals surface area contributed by atoms with E-state index in [9.17, 15) is 0 Å². The van der Waals surface area contributed by atoms with Gasteiger partial charge in [-0.3, -0.25) is 0 Å². The molecule has 55 heavy (non-hydrogen) atoms. The zero-order valence-corrected chi connectivity index (χ0v) is 30.5. The smallest absolute Gasteiger partial charge is 0.194 e. The molecule has 0 saturated heterocycles. The zero-order valence-electron chi connectivity index (χ0n) is 30.5. The van der Waals surface area contributed by atoms with Crippen molar-refractivity contribution in [3.63, 3.8) is 0 Å². The third-order valence-corrected chi connectivity index (χ3v) is 12.5. The Kier molecular flexibility index (Phi) is 6.05. The minimum atomic E-state index is -0.474. The van der Waals surface area contributed by atoms with Crippen molar-refractivity contribution in [1.82, 2.24) is 0 Å². The molecular weight excluding hydrogens is 671 g/mol. The van der Waals surface area contributed by atoms with Gasteiger partial charge in [0.2, 0.25) is 0 Å². The Hall–Kier alpha value is -6.84. The maximum atomic E-state index is 7.37. The molecule has 0 aromatic heterocycles. The molecule has 0 saturated carbocycles. The molecule has 0 atom stereocenters. The van der Waals surface area contributed by atoms with E-state index in [0.717, 1.165) is 34.1 Å². The lowest BCUT2D eigenvalue weighted by atomic mass is 9.70. The van der Waals surface area contributed by atoms with Crippen LogP contribution in [0.3, 0.4) is 0 Å². The second-order valence-corrected chi connectivity index (χ2v) is 15.6. The fourth-order valence-corrected chi connectivity index (χ4v) is 10.3. The van der Waals surface area contributed by atoms with Crippen molar-refractivity contribution < 1.29 is 9.47 Å². The van der Waals surface area contributed by atoms with Crippen LogP contribution >= 0.6 is 0 Å². The summed E-state index contributed by atoms with van der Waals surface area (Å²) in [6, 6.07) is 63.5. The van der Waals surface area contributed by atoms with E-state index < -0.39 is 5.41 Å². The third kappa shape index (κ3) is 3.84. The van der Waals surface area contributed by atoms with Gasteiger partial charge >= 0.3 is 0 Å². The molecular formula is C52H35NO2. The molecule has 0 amide bonds. The number of ether oxygens (including phenoxy) is 2. The van der Waals surface area contributed by atoms with Gasteiger partial charge in [-0.15, -0.1) is 0 Å². The predicted octanol–water partition coefficient (Wildman–Crippen LogP) is 13.7. The monoisotopic (exact) mass is 705 g/mol. The van der Waals surface area contributed by atoms with E-state index in [1.165, 1.54) is 61.2 Å². The molecule has 0 radical (unpaired) electrons. The van der Waals surface area contributed by atoms with Crippen LogP contribution in [0.25, 0.3) is 33.4 Å². The van der Waals surface area contributed by atoms with Gasteiger partial charge in [-0.05, 0) is 92.0 Å². The van der Waals surface area contributed by atoms with Crippen molar-refractivity contribution in [3.05, 3.63) is 209 Å². The number of rotatable bonds is 3. The van der Waals surface area contributed by atoms with Gasteiger partial charge in [0.05, 0.1) is 16.8 Å². The molecule has 0 unspecified atom stereocenters. The summed E-state index contributed by atoms with van der Waals surface area (Å²) in [7, 11) is 0. The Labute approximate surface area is 320 Å². The molecule has 0 N–H and O–H groups in total. The van der Waals surface area contributed by atoms with E-state index in [4.69, 9.17) is 9.47 Å². The normalized spacial score (nSPS) is 14.9. The van der Waals surface area contributed by atoms with Gasteiger partial charge in [0, 0.05) is 22.2 Å². The highest BCUT2D eigenvalue weighted by molar-refractivity contribution is 5.99. The number of para-hydroxylation sites is 2. The first-order valence-corrected chi connectivity index (χ1v) is 19.1. The van der Waals surface area contributed by atoms with E-state index in [-0.39, 0.29) is 5.41 Å². The summed E-state index contributed by atoms with van der Waals surface area (Å²) >= 11 is 0. The molecule has 8 aromatic carbocycles. The van der Waals surface area contributed by atoms with E-state index in [2.05, 4.69) is 189 Å². The first-order valence-electron chi connectivity index (χ1n) is 19.1. The first kappa shape index (κ1) is 30.6. The van der Waals surface area contributed by atoms with Crippen LogP contribution in [-0.2, 0) is 10.8 Å². The Morgan fingerprint density at radius 1 is 0.364 bits per heavy atom. The van der Waals surface area contributed by atoms with Crippen LogP contribution in [0.4, 0.5) is 17.1 Å². The summed E-state index contributed by atoms with van der Waals surface area (Å²) in [6.45, 7) is 4.66. The maximum Gasteiger partial charge on any atom is 0.194 e. The third-order valence-electron chi connectivity index (χ3n) is 12.5. The predicted molar refractivity (Wildman–Crippen MR) is 222 cm³/mol. The highest BCUT2D eigenvalue weighted by Gasteiger charge is 2.53. The van der Waals surface area contributed by atoms with Gasteiger partial charge in [0.1, 0.15) is 0 Å². The SMILES string of the molecule is CC1(C)c2ccccc2-c2c(N(c3ccccc3)c3cccc4c3Oc3c(ccc5c3-c3ccccc3C53c5ccccc5-c5ccccc53)O4)cccc21. The van der Waals surface area contributed by atoms with Gasteiger partial charge in [-0.1, -0.05) is 153 Å². The Bertz CT molecular complexity index is 2880. The lowest BCUT2D eigenvalue weighted by Gasteiger charge is -2.33. The Morgan fingerprint density at radius 3 is 1.60 bits per heavy atom. The fraction of sp³-hybridized carbons (Fsp3) is 0.0769. The van der Waals surface area contributed by atoms with Crippen molar-refractivity contribution in [2.45, 2.75) is 24.7 Å². The number of hydrogen-bond donors (Lipinski definition) is 0. The lowest BCUT2D eigenvalue weighted by molar-refractivity contribution is 0.361. The average Bonchev–Trinajstić information content (AvgIpc) is 3.80. The molecule has 12 rings (SSSR count). The Morgan fingerprint density at radius 2 is 0.891 bits per heavy atom. The average molecular weight is 706 g/mol. The fourth-order valence-electron chi connectivity index (χ4n) is 10.3. The molecule has 1 heterocycles. The second kappa shape index (κ2) is 10.9. The number of benzene rings is 8. The maximum absolute atomic E-state index is 7.37. The number of nitrogens with zero attached hydrogens (tertiary/aromatic N) is 1. The largest absolute Gasteiger partial charge is 0.449 e. The molecule has 1 aliphatic heterocycles. The summed E-state index contributed by atoms with van der Waals surface area (Å²) in [4.78, 5) is 2.35. The molecule has 3 heteroatoms. The second-order valence-electron chi connectivity index (χ2n) is 15.6. The molecule has 3 aliphatic carbocycles. The van der Waals surface area contributed by atoms with Crippen molar-refractivity contribution >= 4 is 17.1 Å². The number of hydrogen-bond acceptors (Lipinski definition) is 3. The summed E-state index contributed by atoms with van der Waals surface area (Å²) in [6.07, 6.45) is 0. The van der Waals surface area contributed by atoms with Crippen LogP contribution in [0.2, 0.25) is 0 Å². The molecule has 8 aromatic rings. The van der Waals surface area contributed by atoms with Gasteiger partial charge in [0.15, 0.2) is 23.0 Å². The molecule has 3 nitrogen and oxygen atoms in total. The molecule has 260 valence electrons. The molecule has 1 spiro atoms. The molecule has 0 bridgehead atoms. The standard InChI is InChI=1S/C52H35NO2/c1-51(2)37-22-10-8-20-35(37)47-41(51)26-14-27-43(47)53(32-16-4-3-5-17-32)44-28-15-29-45-49(44)55-50-46(54-45)31-30-42-48(50)36-21-9-13-25-40(36)52(42)38-23-11-6-18-33(38)34-19-7-12-24-39(34)52/h3-31H,1-2H3. The number of fused-ring (bicyclic) bond motifs is 16. The zero-order chi connectivity index (χ0) is 36.5. The lowest BCUT2D eigenvalue weighted by Crippen LogP contribution is -2.25. The van der Waals surface area contributed by atoms with Crippen LogP contribution < -0.4 is 14.4 Å². The van der Waals surface area contributed by atoms with Gasteiger partial charge < -0.3 is 14.4 Å². The topological polar surface area (TPSA) is 21.7 Å². The van der Waals surface area contributed by atoms with Crippen LogP contribution in [0.1, 0.15) is 47.2 Å². The van der Waals surface area contributed by atoms with Crippen molar-refractivity contribution in [2.75, 3.05) is 4.90 Å². The van der Waals surface area contributed by atoms with Crippen molar-refractivity contribution in [3.8, 4) is 56.4 Å². The number of anilines is 3. The summed E-state index contributed by atoms with van der Waals surface area (Å²) in [5, 5.41) is 0. The summed E-state index contributed by atoms with van der Waals surface area (Å²) in [5.41, 5.74) is 17.5. The highest BCUT2D eigenvalue weighted by Crippen LogP contribution is 2.67. The van der Waals surface area contributed by atoms with E-state index in [1.54, 1.807) is 0 Å². The van der Waals surface area contributed by atoms with Crippen LogP contribution in [0, 0.1) is 0 Å². The van der Waals surface area contributed by atoms with Gasteiger partial charge in [0.25, 0.3) is 0 Å². The molecule has 0 fully saturated rings.